The van der Waals surface area contributed by atoms with E-state index in [4.69, 9.17) is 0 Å². The average Bonchev–Trinajstić information content (AvgIpc) is 2.49. The van der Waals surface area contributed by atoms with Gasteiger partial charge in [0, 0.05) is 32.1 Å². The number of amides is 1. The maximum atomic E-state index is 12.0. The number of nitro benzene ring substituents is 1. The molecule has 0 radical (unpaired) electrons. The van der Waals surface area contributed by atoms with Crippen molar-refractivity contribution in [3.63, 3.8) is 0 Å². The second kappa shape index (κ2) is 7.06. The summed E-state index contributed by atoms with van der Waals surface area (Å²) in [4.78, 5) is 24.5. The number of carbonyl (C=O) groups is 1. The maximum absolute atomic E-state index is 12.0. The minimum Gasteiger partial charge on any atom is -0.379 e. The fourth-order valence-electron chi connectivity index (χ4n) is 2.55. The molecule has 114 valence electrons. The van der Waals surface area contributed by atoms with Crippen molar-refractivity contribution in [2.24, 2.45) is 0 Å². The molecule has 1 amide bonds. The molecule has 0 atom stereocenters. The molecule has 0 aliphatic carbocycles. The normalized spacial score (nSPS) is 14.8. The van der Waals surface area contributed by atoms with Crippen molar-refractivity contribution in [1.29, 1.82) is 0 Å². The van der Waals surface area contributed by atoms with Gasteiger partial charge in [-0.25, -0.2) is 0 Å². The fourth-order valence-corrected chi connectivity index (χ4v) is 2.55. The Balaban J connectivity index is 1.88. The van der Waals surface area contributed by atoms with Gasteiger partial charge in [-0.15, -0.1) is 0 Å². The zero-order chi connectivity index (χ0) is 15.2. The van der Waals surface area contributed by atoms with Crippen molar-refractivity contribution < 1.29 is 9.72 Å². The first-order valence-corrected chi connectivity index (χ1v) is 7.34. The molecule has 6 nitrogen and oxygen atoms in total. The number of carbonyl (C=O) groups excluding carboxylic acids is 1. The van der Waals surface area contributed by atoms with Crippen LogP contribution in [0, 0.1) is 17.0 Å². The predicted molar refractivity (Wildman–Crippen MR) is 81.4 cm³/mol. The van der Waals surface area contributed by atoms with Crippen molar-refractivity contribution >= 4 is 17.3 Å². The van der Waals surface area contributed by atoms with E-state index in [2.05, 4.69) is 5.32 Å². The van der Waals surface area contributed by atoms with Crippen molar-refractivity contribution in [2.45, 2.75) is 32.6 Å². The molecule has 0 bridgehead atoms. The molecule has 0 aromatic heterocycles. The molecule has 1 aliphatic rings. The van der Waals surface area contributed by atoms with Crippen molar-refractivity contribution in [2.75, 3.05) is 25.0 Å². The van der Waals surface area contributed by atoms with Crippen LogP contribution in [0.2, 0.25) is 0 Å². The first-order valence-electron chi connectivity index (χ1n) is 7.34. The van der Waals surface area contributed by atoms with Crippen LogP contribution in [0.3, 0.4) is 0 Å². The summed E-state index contributed by atoms with van der Waals surface area (Å²) in [6.07, 6.45) is 3.70. The number of hydrogen-bond acceptors (Lipinski definition) is 4. The van der Waals surface area contributed by atoms with Gasteiger partial charge in [0.05, 0.1) is 4.92 Å². The minimum atomic E-state index is -0.401. The smallest absolute Gasteiger partial charge is 0.292 e. The third-order valence-electron chi connectivity index (χ3n) is 3.71. The molecular formula is C15H21N3O3. The highest BCUT2D eigenvalue weighted by molar-refractivity contribution is 5.77. The van der Waals surface area contributed by atoms with E-state index in [9.17, 15) is 14.9 Å². The Morgan fingerprint density at radius 3 is 2.71 bits per heavy atom. The Morgan fingerprint density at radius 2 is 2.05 bits per heavy atom. The van der Waals surface area contributed by atoms with Crippen LogP contribution in [-0.4, -0.2) is 35.4 Å². The van der Waals surface area contributed by atoms with Gasteiger partial charge in [-0.2, -0.15) is 0 Å². The molecule has 2 rings (SSSR count). The third kappa shape index (κ3) is 4.18. The Kier molecular flexibility index (Phi) is 5.14. The number of rotatable bonds is 5. The number of piperidine rings is 1. The molecule has 0 spiro atoms. The number of nitro groups is 1. The van der Waals surface area contributed by atoms with Crippen LogP contribution < -0.4 is 5.32 Å². The van der Waals surface area contributed by atoms with Crippen LogP contribution in [0.4, 0.5) is 11.4 Å². The number of anilines is 1. The largest absolute Gasteiger partial charge is 0.379 e. The molecule has 1 aliphatic heterocycles. The van der Waals surface area contributed by atoms with E-state index in [1.165, 1.54) is 12.5 Å². The van der Waals surface area contributed by atoms with Gasteiger partial charge >= 0.3 is 0 Å². The van der Waals surface area contributed by atoms with Crippen molar-refractivity contribution in [1.82, 2.24) is 4.90 Å². The molecular weight excluding hydrogens is 270 g/mol. The highest BCUT2D eigenvalue weighted by Gasteiger charge is 2.17. The summed E-state index contributed by atoms with van der Waals surface area (Å²) in [5, 5.41) is 14.0. The lowest BCUT2D eigenvalue weighted by Gasteiger charge is -2.26. The SMILES string of the molecule is Cc1ccc(NCCC(=O)N2CCCCC2)c([N+](=O)[O-])c1. The quantitative estimate of drug-likeness (QED) is 0.668. The van der Waals surface area contributed by atoms with Gasteiger partial charge in [0.25, 0.3) is 5.69 Å². The van der Waals surface area contributed by atoms with E-state index in [0.29, 0.717) is 18.7 Å². The Morgan fingerprint density at radius 1 is 1.33 bits per heavy atom. The molecule has 1 saturated heterocycles. The lowest BCUT2D eigenvalue weighted by Crippen LogP contribution is -2.36. The van der Waals surface area contributed by atoms with Gasteiger partial charge in [-0.3, -0.25) is 14.9 Å². The number of nitrogens with one attached hydrogen (secondary N) is 1. The number of nitrogens with zero attached hydrogens (tertiary/aromatic N) is 2. The van der Waals surface area contributed by atoms with Crippen molar-refractivity contribution in [3.8, 4) is 0 Å². The topological polar surface area (TPSA) is 75.5 Å². The number of aryl methyl sites for hydroxylation is 1. The lowest BCUT2D eigenvalue weighted by atomic mass is 10.1. The summed E-state index contributed by atoms with van der Waals surface area (Å²) in [6, 6.07) is 5.05. The third-order valence-corrected chi connectivity index (χ3v) is 3.71. The zero-order valence-corrected chi connectivity index (χ0v) is 12.3. The van der Waals surface area contributed by atoms with Crippen LogP contribution in [0.25, 0.3) is 0 Å². The van der Waals surface area contributed by atoms with E-state index in [1.54, 1.807) is 6.07 Å². The Hall–Kier alpha value is -2.11. The summed E-state index contributed by atoms with van der Waals surface area (Å²) in [5.41, 5.74) is 1.37. The van der Waals surface area contributed by atoms with E-state index >= 15 is 0 Å². The summed E-state index contributed by atoms with van der Waals surface area (Å²) < 4.78 is 0. The highest BCUT2D eigenvalue weighted by Crippen LogP contribution is 2.25. The molecule has 1 aromatic rings. The zero-order valence-electron chi connectivity index (χ0n) is 12.3. The highest BCUT2D eigenvalue weighted by atomic mass is 16.6. The number of likely N-dealkylation sites (tertiary alicyclic amines) is 1. The van der Waals surface area contributed by atoms with Gasteiger partial charge in [-0.05, 0) is 37.8 Å². The van der Waals surface area contributed by atoms with Gasteiger partial charge in [0.15, 0.2) is 0 Å². The first-order chi connectivity index (χ1) is 10.1. The van der Waals surface area contributed by atoms with Gasteiger partial charge in [-0.1, -0.05) is 6.07 Å². The molecule has 1 N–H and O–H groups in total. The summed E-state index contributed by atoms with van der Waals surface area (Å²) in [7, 11) is 0. The lowest BCUT2D eigenvalue weighted by molar-refractivity contribution is -0.384. The van der Waals surface area contributed by atoms with Crippen molar-refractivity contribution in [3.05, 3.63) is 33.9 Å². The second-order valence-electron chi connectivity index (χ2n) is 5.40. The van der Waals surface area contributed by atoms with Gasteiger partial charge in [0.1, 0.15) is 5.69 Å². The maximum Gasteiger partial charge on any atom is 0.292 e. The molecule has 6 heteroatoms. The van der Waals surface area contributed by atoms with Crippen LogP contribution in [0.5, 0.6) is 0 Å². The molecule has 21 heavy (non-hydrogen) atoms. The first kappa shape index (κ1) is 15.3. The van der Waals surface area contributed by atoms with Crippen LogP contribution >= 0.6 is 0 Å². The molecule has 0 saturated carbocycles. The molecule has 1 aromatic carbocycles. The van der Waals surface area contributed by atoms with Gasteiger partial charge < -0.3 is 10.2 Å². The number of hydrogen-bond donors (Lipinski definition) is 1. The summed E-state index contributed by atoms with van der Waals surface area (Å²) >= 11 is 0. The molecule has 0 unspecified atom stereocenters. The average molecular weight is 291 g/mol. The van der Waals surface area contributed by atoms with E-state index in [0.717, 1.165) is 31.5 Å². The van der Waals surface area contributed by atoms with Gasteiger partial charge in [0.2, 0.25) is 5.91 Å². The van der Waals surface area contributed by atoms with Crippen LogP contribution in [0.15, 0.2) is 18.2 Å². The predicted octanol–water partition coefficient (Wildman–Crippen LogP) is 2.72. The van der Waals surface area contributed by atoms with Crippen LogP contribution in [-0.2, 0) is 4.79 Å². The van der Waals surface area contributed by atoms with E-state index in [1.807, 2.05) is 17.9 Å². The number of benzene rings is 1. The summed E-state index contributed by atoms with van der Waals surface area (Å²) in [6.45, 7) is 3.91. The van der Waals surface area contributed by atoms with Crippen LogP contribution in [0.1, 0.15) is 31.2 Å². The fraction of sp³-hybridized carbons (Fsp3) is 0.533. The minimum absolute atomic E-state index is 0.0559. The van der Waals surface area contributed by atoms with E-state index in [-0.39, 0.29) is 11.6 Å². The van der Waals surface area contributed by atoms with E-state index < -0.39 is 4.92 Å². The Bertz CT molecular complexity index is 525. The molecule has 1 fully saturated rings. The summed E-state index contributed by atoms with van der Waals surface area (Å²) in [5.74, 6) is 0.122. The monoisotopic (exact) mass is 291 g/mol. The molecule has 1 heterocycles. The standard InChI is InChI=1S/C15H21N3O3/c1-12-5-6-13(14(11-12)18(20)21)16-8-7-15(19)17-9-3-2-4-10-17/h5-6,11,16H,2-4,7-10H2,1H3. The second-order valence-corrected chi connectivity index (χ2v) is 5.40. The Labute approximate surface area is 124 Å².